The average Bonchev–Trinajstić information content (AvgIpc) is 2.48. The third kappa shape index (κ3) is 2.06. The average molecular weight is 164 g/mol. The number of rotatable bonds is 2. The van der Waals surface area contributed by atoms with Gasteiger partial charge in [0.2, 0.25) is 0 Å². The molecule has 1 heterocycles. The maximum atomic E-state index is 4.14. The summed E-state index contributed by atoms with van der Waals surface area (Å²) in [6.45, 7) is 6.39. The molecule has 4 nitrogen and oxygen atoms in total. The van der Waals surface area contributed by atoms with E-state index in [4.69, 9.17) is 0 Å². The van der Waals surface area contributed by atoms with Crippen LogP contribution in [0.4, 0.5) is 0 Å². The molecule has 0 N–H and O–H groups in total. The number of hydrogen-bond donors (Lipinski definition) is 0. The fourth-order valence-electron chi connectivity index (χ4n) is 0.703. The lowest BCUT2D eigenvalue weighted by molar-refractivity contribution is 0.587. The maximum Gasteiger partial charge on any atom is 0.177 e. The van der Waals surface area contributed by atoms with Gasteiger partial charge in [0.1, 0.15) is 6.54 Å². The fraction of sp³-hybridized carbons (Fsp3) is 0.625. The number of aromatic nitrogens is 4. The first kappa shape index (κ1) is 8.72. The van der Waals surface area contributed by atoms with Gasteiger partial charge in [-0.05, 0) is 12.1 Å². The normalized spacial score (nSPS) is 9.67. The lowest BCUT2D eigenvalue weighted by Gasteiger charge is -1.92. The lowest BCUT2D eigenvalue weighted by Crippen LogP contribution is -2.01. The van der Waals surface area contributed by atoms with E-state index in [1.54, 1.807) is 6.92 Å². The van der Waals surface area contributed by atoms with Gasteiger partial charge in [-0.2, -0.15) is 4.80 Å². The van der Waals surface area contributed by atoms with Crippen LogP contribution in [0.1, 0.15) is 32.5 Å². The molecule has 0 atom stereocenters. The molecular formula is C8H12N4. The minimum atomic E-state index is 0.327. The zero-order chi connectivity index (χ0) is 8.97. The quantitative estimate of drug-likeness (QED) is 0.608. The third-order valence-corrected chi connectivity index (χ3v) is 1.38. The molecule has 0 unspecified atom stereocenters. The molecule has 0 spiro atoms. The summed E-state index contributed by atoms with van der Waals surface area (Å²) in [5.74, 6) is 6.74. The van der Waals surface area contributed by atoms with E-state index in [-0.39, 0.29) is 0 Å². The van der Waals surface area contributed by atoms with E-state index in [2.05, 4.69) is 27.3 Å². The van der Waals surface area contributed by atoms with E-state index in [0.717, 1.165) is 5.82 Å². The van der Waals surface area contributed by atoms with Gasteiger partial charge in [0.25, 0.3) is 0 Å². The molecule has 1 rings (SSSR count). The van der Waals surface area contributed by atoms with E-state index in [0.29, 0.717) is 12.5 Å². The van der Waals surface area contributed by atoms with Crippen LogP contribution in [0.15, 0.2) is 0 Å². The van der Waals surface area contributed by atoms with E-state index in [1.807, 2.05) is 13.8 Å². The van der Waals surface area contributed by atoms with Gasteiger partial charge < -0.3 is 0 Å². The second kappa shape index (κ2) is 3.86. The highest BCUT2D eigenvalue weighted by Gasteiger charge is 2.04. The SMILES string of the molecule is CC#CCn1nnc(C(C)C)n1. The molecule has 0 aromatic carbocycles. The minimum Gasteiger partial charge on any atom is -0.152 e. The highest BCUT2D eigenvalue weighted by Crippen LogP contribution is 2.04. The van der Waals surface area contributed by atoms with Gasteiger partial charge in [-0.1, -0.05) is 19.8 Å². The van der Waals surface area contributed by atoms with Crippen molar-refractivity contribution in [1.82, 2.24) is 20.2 Å². The zero-order valence-electron chi connectivity index (χ0n) is 7.57. The van der Waals surface area contributed by atoms with Crippen molar-refractivity contribution >= 4 is 0 Å². The summed E-state index contributed by atoms with van der Waals surface area (Å²) in [5, 5.41) is 11.9. The van der Waals surface area contributed by atoms with Crippen molar-refractivity contribution < 1.29 is 0 Å². The van der Waals surface area contributed by atoms with E-state index >= 15 is 0 Å². The predicted molar refractivity (Wildman–Crippen MR) is 45.4 cm³/mol. The Morgan fingerprint density at radius 1 is 1.50 bits per heavy atom. The number of hydrogen-bond acceptors (Lipinski definition) is 3. The molecule has 0 aliphatic carbocycles. The van der Waals surface area contributed by atoms with Gasteiger partial charge in [0, 0.05) is 5.92 Å². The molecule has 0 saturated carbocycles. The second-order valence-corrected chi connectivity index (χ2v) is 2.76. The zero-order valence-corrected chi connectivity index (χ0v) is 7.57. The smallest absolute Gasteiger partial charge is 0.152 e. The standard InChI is InChI=1S/C8H12N4/c1-4-5-6-12-10-8(7(2)3)9-11-12/h7H,6H2,1-3H3. The van der Waals surface area contributed by atoms with Crippen molar-refractivity contribution in [2.45, 2.75) is 33.2 Å². The molecular weight excluding hydrogens is 152 g/mol. The van der Waals surface area contributed by atoms with Crippen LogP contribution < -0.4 is 0 Å². The predicted octanol–water partition coefficient (Wildman–Crippen LogP) is 0.820. The Balaban J connectivity index is 2.68. The van der Waals surface area contributed by atoms with E-state index in [9.17, 15) is 0 Å². The van der Waals surface area contributed by atoms with Gasteiger partial charge in [0.15, 0.2) is 5.82 Å². The Bertz CT molecular complexity index is 302. The first-order valence-corrected chi connectivity index (χ1v) is 3.91. The first-order valence-electron chi connectivity index (χ1n) is 3.91. The summed E-state index contributed by atoms with van der Waals surface area (Å²) in [5.41, 5.74) is 0. The van der Waals surface area contributed by atoms with Gasteiger partial charge in [-0.3, -0.25) is 0 Å². The highest BCUT2D eigenvalue weighted by molar-refractivity contribution is 4.94. The molecule has 64 valence electrons. The van der Waals surface area contributed by atoms with Crippen molar-refractivity contribution in [3.8, 4) is 11.8 Å². The van der Waals surface area contributed by atoms with E-state index in [1.165, 1.54) is 4.80 Å². The summed E-state index contributed by atoms with van der Waals surface area (Å²) in [6.07, 6.45) is 0. The molecule has 0 fully saturated rings. The Morgan fingerprint density at radius 3 is 2.75 bits per heavy atom. The van der Waals surface area contributed by atoms with Crippen LogP contribution >= 0.6 is 0 Å². The highest BCUT2D eigenvalue weighted by atomic mass is 15.6. The van der Waals surface area contributed by atoms with Gasteiger partial charge in [-0.15, -0.1) is 16.1 Å². The van der Waals surface area contributed by atoms with Crippen LogP contribution in [-0.2, 0) is 6.54 Å². The Labute approximate surface area is 72.0 Å². The summed E-state index contributed by atoms with van der Waals surface area (Å²) in [7, 11) is 0. The van der Waals surface area contributed by atoms with Crippen LogP contribution in [0.3, 0.4) is 0 Å². The molecule has 12 heavy (non-hydrogen) atoms. The number of tetrazole rings is 1. The third-order valence-electron chi connectivity index (χ3n) is 1.38. The van der Waals surface area contributed by atoms with Gasteiger partial charge in [-0.25, -0.2) is 0 Å². The first-order chi connectivity index (χ1) is 5.74. The molecule has 0 radical (unpaired) electrons. The Hall–Kier alpha value is -1.37. The summed E-state index contributed by atoms with van der Waals surface area (Å²) in [6, 6.07) is 0. The largest absolute Gasteiger partial charge is 0.177 e. The summed E-state index contributed by atoms with van der Waals surface area (Å²) in [4.78, 5) is 1.51. The van der Waals surface area contributed by atoms with Crippen LogP contribution in [-0.4, -0.2) is 20.2 Å². The minimum absolute atomic E-state index is 0.327. The maximum absolute atomic E-state index is 4.14. The van der Waals surface area contributed by atoms with Crippen LogP contribution in [0, 0.1) is 11.8 Å². The van der Waals surface area contributed by atoms with Crippen molar-refractivity contribution in [3.63, 3.8) is 0 Å². The van der Waals surface area contributed by atoms with Crippen molar-refractivity contribution in [3.05, 3.63) is 5.82 Å². The van der Waals surface area contributed by atoms with Crippen LogP contribution in [0.25, 0.3) is 0 Å². The van der Waals surface area contributed by atoms with Crippen molar-refractivity contribution in [2.24, 2.45) is 0 Å². The van der Waals surface area contributed by atoms with Crippen molar-refractivity contribution in [1.29, 1.82) is 0 Å². The molecule has 1 aromatic rings. The number of nitrogens with zero attached hydrogens (tertiary/aromatic N) is 4. The summed E-state index contributed by atoms with van der Waals surface area (Å²) < 4.78 is 0. The van der Waals surface area contributed by atoms with Gasteiger partial charge in [0.05, 0.1) is 0 Å². The lowest BCUT2D eigenvalue weighted by atomic mass is 10.2. The molecule has 1 aromatic heterocycles. The van der Waals surface area contributed by atoms with Crippen molar-refractivity contribution in [2.75, 3.05) is 0 Å². The molecule has 0 aliphatic rings. The fourth-order valence-corrected chi connectivity index (χ4v) is 0.703. The molecule has 4 heteroatoms. The van der Waals surface area contributed by atoms with Gasteiger partial charge >= 0.3 is 0 Å². The Morgan fingerprint density at radius 2 is 2.25 bits per heavy atom. The monoisotopic (exact) mass is 164 g/mol. The van der Waals surface area contributed by atoms with E-state index < -0.39 is 0 Å². The Kier molecular flexibility index (Phi) is 2.81. The summed E-state index contributed by atoms with van der Waals surface area (Å²) >= 11 is 0. The molecule has 0 bridgehead atoms. The van der Waals surface area contributed by atoms with Crippen LogP contribution in [0.5, 0.6) is 0 Å². The van der Waals surface area contributed by atoms with Crippen LogP contribution in [0.2, 0.25) is 0 Å². The molecule has 0 amide bonds. The molecule has 0 aliphatic heterocycles. The topological polar surface area (TPSA) is 43.6 Å². The second-order valence-electron chi connectivity index (χ2n) is 2.76. The molecule has 0 saturated heterocycles.